The summed E-state index contributed by atoms with van der Waals surface area (Å²) in [6.07, 6.45) is 3.53. The fraction of sp³-hybridized carbons (Fsp3) is 0.625. The maximum atomic E-state index is 12.3. The van der Waals surface area contributed by atoms with Gasteiger partial charge >= 0.3 is 6.61 Å². The van der Waals surface area contributed by atoms with Gasteiger partial charge in [-0.1, -0.05) is 18.6 Å². The Bertz CT molecular complexity index is 456. The zero-order valence-electron chi connectivity index (χ0n) is 12.6. The first-order valence-electron chi connectivity index (χ1n) is 7.49. The van der Waals surface area contributed by atoms with E-state index in [4.69, 9.17) is 5.73 Å². The summed E-state index contributed by atoms with van der Waals surface area (Å²) in [5.41, 5.74) is 6.83. The van der Waals surface area contributed by atoms with Crippen LogP contribution in [0.15, 0.2) is 24.3 Å². The zero-order valence-corrected chi connectivity index (χ0v) is 12.6. The van der Waals surface area contributed by atoms with Gasteiger partial charge in [0.2, 0.25) is 0 Å². The summed E-state index contributed by atoms with van der Waals surface area (Å²) >= 11 is 0. The molecule has 3 atom stereocenters. The second kappa shape index (κ2) is 7.18. The SMILES string of the molecule is CC(c1cccc(OC(F)F)c1)N(C)C1CCCC1CN. The molecule has 0 bridgehead atoms. The summed E-state index contributed by atoms with van der Waals surface area (Å²) in [5.74, 6) is 0.738. The molecule has 1 fully saturated rings. The minimum Gasteiger partial charge on any atom is -0.435 e. The van der Waals surface area contributed by atoms with Gasteiger partial charge in [0.05, 0.1) is 0 Å². The summed E-state index contributed by atoms with van der Waals surface area (Å²) in [7, 11) is 2.09. The molecule has 2 rings (SSSR count). The zero-order chi connectivity index (χ0) is 15.4. The van der Waals surface area contributed by atoms with Crippen molar-refractivity contribution in [3.63, 3.8) is 0 Å². The second-order valence-electron chi connectivity index (χ2n) is 5.79. The normalized spacial score (nSPS) is 23.8. The van der Waals surface area contributed by atoms with Crippen molar-refractivity contribution >= 4 is 0 Å². The summed E-state index contributed by atoms with van der Waals surface area (Å²) in [5, 5.41) is 0. The van der Waals surface area contributed by atoms with Gasteiger partial charge in [-0.2, -0.15) is 8.78 Å². The molecule has 3 unspecified atom stereocenters. The van der Waals surface area contributed by atoms with Gasteiger partial charge in [-0.15, -0.1) is 0 Å². The van der Waals surface area contributed by atoms with Crippen molar-refractivity contribution in [3.05, 3.63) is 29.8 Å². The second-order valence-corrected chi connectivity index (χ2v) is 5.79. The van der Waals surface area contributed by atoms with Crippen LogP contribution in [0.1, 0.15) is 37.8 Å². The smallest absolute Gasteiger partial charge is 0.387 e. The van der Waals surface area contributed by atoms with Crippen LogP contribution in [0, 0.1) is 5.92 Å². The molecule has 1 aliphatic rings. The molecular formula is C16H24F2N2O. The first kappa shape index (κ1) is 16.2. The van der Waals surface area contributed by atoms with Crippen molar-refractivity contribution < 1.29 is 13.5 Å². The van der Waals surface area contributed by atoms with Crippen LogP contribution in [0.25, 0.3) is 0 Å². The number of halogens is 2. The van der Waals surface area contributed by atoms with E-state index in [1.54, 1.807) is 18.2 Å². The van der Waals surface area contributed by atoms with E-state index < -0.39 is 6.61 Å². The third-order valence-electron chi connectivity index (χ3n) is 4.62. The van der Waals surface area contributed by atoms with Gasteiger partial charge < -0.3 is 10.5 Å². The molecule has 0 aliphatic heterocycles. The van der Waals surface area contributed by atoms with Crippen LogP contribution < -0.4 is 10.5 Å². The molecule has 1 aromatic rings. The lowest BCUT2D eigenvalue weighted by Gasteiger charge is -2.34. The van der Waals surface area contributed by atoms with E-state index in [1.165, 1.54) is 12.8 Å². The number of ether oxygens (including phenoxy) is 1. The number of hydrogen-bond acceptors (Lipinski definition) is 3. The Balaban J connectivity index is 2.09. The average molecular weight is 298 g/mol. The highest BCUT2D eigenvalue weighted by Crippen LogP contribution is 2.34. The van der Waals surface area contributed by atoms with Crippen LogP contribution in [-0.4, -0.2) is 31.1 Å². The highest BCUT2D eigenvalue weighted by atomic mass is 19.3. The Kier molecular flexibility index (Phi) is 5.53. The van der Waals surface area contributed by atoms with E-state index in [1.807, 2.05) is 6.07 Å². The van der Waals surface area contributed by atoms with Gasteiger partial charge in [0.15, 0.2) is 0 Å². The van der Waals surface area contributed by atoms with Crippen molar-refractivity contribution in [2.75, 3.05) is 13.6 Å². The Morgan fingerprint density at radius 3 is 2.81 bits per heavy atom. The molecule has 1 aromatic carbocycles. The lowest BCUT2D eigenvalue weighted by atomic mass is 9.99. The van der Waals surface area contributed by atoms with Crippen LogP contribution in [0.4, 0.5) is 8.78 Å². The molecule has 2 N–H and O–H groups in total. The van der Waals surface area contributed by atoms with Crippen LogP contribution in [0.5, 0.6) is 5.75 Å². The summed E-state index contributed by atoms with van der Waals surface area (Å²) in [6.45, 7) is 0.00800. The molecule has 0 spiro atoms. The molecule has 118 valence electrons. The van der Waals surface area contributed by atoms with Gasteiger partial charge in [-0.3, -0.25) is 4.90 Å². The third-order valence-corrected chi connectivity index (χ3v) is 4.62. The predicted octanol–water partition coefficient (Wildman–Crippen LogP) is 3.41. The highest BCUT2D eigenvalue weighted by molar-refractivity contribution is 5.30. The lowest BCUT2D eigenvalue weighted by Crippen LogP contribution is -2.39. The monoisotopic (exact) mass is 298 g/mol. The lowest BCUT2D eigenvalue weighted by molar-refractivity contribution is -0.0499. The molecule has 3 nitrogen and oxygen atoms in total. The topological polar surface area (TPSA) is 38.5 Å². The minimum absolute atomic E-state index is 0.142. The molecule has 1 saturated carbocycles. The van der Waals surface area contributed by atoms with Crippen molar-refractivity contribution in [3.8, 4) is 5.75 Å². The first-order valence-corrected chi connectivity index (χ1v) is 7.49. The van der Waals surface area contributed by atoms with Gasteiger partial charge in [0.1, 0.15) is 5.75 Å². The van der Waals surface area contributed by atoms with Crippen molar-refractivity contribution in [1.29, 1.82) is 0 Å². The molecule has 0 amide bonds. The predicted molar refractivity (Wildman–Crippen MR) is 79.4 cm³/mol. The van der Waals surface area contributed by atoms with Gasteiger partial charge in [0.25, 0.3) is 0 Å². The number of alkyl halides is 2. The van der Waals surface area contributed by atoms with E-state index in [0.717, 1.165) is 12.0 Å². The standard InChI is InChI=1S/C16H24F2N2O/c1-11(20(2)15-8-4-6-13(15)10-19)12-5-3-7-14(9-12)21-16(17)18/h3,5,7,9,11,13,15-16H,4,6,8,10,19H2,1-2H3. The molecule has 0 aromatic heterocycles. The Labute approximate surface area is 125 Å². The fourth-order valence-corrected chi connectivity index (χ4v) is 3.30. The minimum atomic E-state index is -2.79. The fourth-order valence-electron chi connectivity index (χ4n) is 3.30. The Hall–Kier alpha value is -1.20. The van der Waals surface area contributed by atoms with Crippen LogP contribution in [0.2, 0.25) is 0 Å². The summed E-state index contributed by atoms with van der Waals surface area (Å²) < 4.78 is 29.1. The maximum Gasteiger partial charge on any atom is 0.387 e. The molecule has 5 heteroatoms. The number of nitrogens with zero attached hydrogens (tertiary/aromatic N) is 1. The highest BCUT2D eigenvalue weighted by Gasteiger charge is 2.31. The van der Waals surface area contributed by atoms with Crippen LogP contribution in [-0.2, 0) is 0 Å². The average Bonchev–Trinajstić information content (AvgIpc) is 2.93. The molecule has 0 radical (unpaired) electrons. The number of rotatable bonds is 6. The summed E-state index contributed by atoms with van der Waals surface area (Å²) in [6, 6.07) is 7.56. The number of nitrogens with two attached hydrogens (primary N) is 1. The molecular weight excluding hydrogens is 274 g/mol. The Morgan fingerprint density at radius 2 is 2.14 bits per heavy atom. The van der Waals surface area contributed by atoms with Crippen molar-refractivity contribution in [2.24, 2.45) is 11.7 Å². The molecule has 0 heterocycles. The molecule has 1 aliphatic carbocycles. The van der Waals surface area contributed by atoms with E-state index >= 15 is 0 Å². The maximum absolute atomic E-state index is 12.3. The Morgan fingerprint density at radius 1 is 1.38 bits per heavy atom. The van der Waals surface area contributed by atoms with Crippen molar-refractivity contribution in [1.82, 2.24) is 4.90 Å². The van der Waals surface area contributed by atoms with Crippen LogP contribution in [0.3, 0.4) is 0 Å². The van der Waals surface area contributed by atoms with Gasteiger partial charge in [-0.25, -0.2) is 0 Å². The van der Waals surface area contributed by atoms with E-state index in [9.17, 15) is 8.78 Å². The molecule has 0 saturated heterocycles. The number of hydrogen-bond donors (Lipinski definition) is 1. The van der Waals surface area contributed by atoms with Gasteiger partial charge in [-0.05, 0) is 57.0 Å². The van der Waals surface area contributed by atoms with E-state index in [2.05, 4.69) is 23.6 Å². The van der Waals surface area contributed by atoms with Crippen LogP contribution >= 0.6 is 0 Å². The van der Waals surface area contributed by atoms with Gasteiger partial charge in [0, 0.05) is 12.1 Å². The summed E-state index contributed by atoms with van der Waals surface area (Å²) in [4.78, 5) is 2.31. The first-order chi connectivity index (χ1) is 10.0. The van der Waals surface area contributed by atoms with E-state index in [0.29, 0.717) is 18.5 Å². The number of benzene rings is 1. The van der Waals surface area contributed by atoms with E-state index in [-0.39, 0.29) is 11.8 Å². The quantitative estimate of drug-likeness (QED) is 0.874. The third kappa shape index (κ3) is 3.92. The molecule has 21 heavy (non-hydrogen) atoms. The van der Waals surface area contributed by atoms with Crippen molar-refractivity contribution in [2.45, 2.75) is 44.9 Å². The largest absolute Gasteiger partial charge is 0.435 e.